The Morgan fingerprint density at radius 1 is 1.07 bits per heavy atom. The zero-order chi connectivity index (χ0) is 30.8. The number of nitro groups is 2. The molecule has 4 rings (SSSR count). The van der Waals surface area contributed by atoms with Crippen molar-refractivity contribution in [3.05, 3.63) is 92.1 Å². The number of aromatic nitrogens is 2. The van der Waals surface area contributed by atoms with Crippen molar-refractivity contribution in [2.75, 3.05) is 12.4 Å². The third kappa shape index (κ3) is 6.27. The zero-order valence-electron chi connectivity index (χ0n) is 23.2. The van der Waals surface area contributed by atoms with Gasteiger partial charge in [-0.3, -0.25) is 34.2 Å². The minimum Gasteiger partial charge on any atom is -0.490 e. The maximum Gasteiger partial charge on any atom is 0.311 e. The SMILES string of the molecule is COc1ccc(-c2nc3c(C(=O)NC(CC(=O)O)c4cccc([N+](=O)[O-])c4)cccn3c2NC(C)(C)C)cc1[N+](=O)[O-]. The Morgan fingerprint density at radius 2 is 1.81 bits per heavy atom. The van der Waals surface area contributed by atoms with Crippen molar-refractivity contribution in [1.82, 2.24) is 14.7 Å². The second kappa shape index (κ2) is 11.5. The molecule has 2 aromatic heterocycles. The lowest BCUT2D eigenvalue weighted by Crippen LogP contribution is -2.30. The summed E-state index contributed by atoms with van der Waals surface area (Å²) in [6.07, 6.45) is 1.14. The number of imidazole rings is 1. The summed E-state index contributed by atoms with van der Waals surface area (Å²) in [4.78, 5) is 51.7. The second-order valence-corrected chi connectivity index (χ2v) is 10.4. The molecule has 0 fully saturated rings. The number of hydrogen-bond donors (Lipinski definition) is 3. The molecule has 2 heterocycles. The Bertz CT molecular complexity index is 1710. The van der Waals surface area contributed by atoms with Crippen LogP contribution in [0, 0.1) is 20.2 Å². The molecule has 4 aromatic rings. The molecule has 1 unspecified atom stereocenters. The summed E-state index contributed by atoms with van der Waals surface area (Å²) in [6.45, 7) is 5.75. The van der Waals surface area contributed by atoms with Crippen LogP contribution in [0.25, 0.3) is 16.9 Å². The van der Waals surface area contributed by atoms with Crippen molar-refractivity contribution in [3.63, 3.8) is 0 Å². The van der Waals surface area contributed by atoms with Gasteiger partial charge in [-0.15, -0.1) is 0 Å². The number of aliphatic carboxylic acids is 1. The summed E-state index contributed by atoms with van der Waals surface area (Å²) in [5, 5.41) is 38.5. The van der Waals surface area contributed by atoms with Gasteiger partial charge in [-0.2, -0.15) is 0 Å². The predicted octanol–water partition coefficient (Wildman–Crippen LogP) is 4.98. The average molecular weight is 577 g/mol. The number of rotatable bonds is 10. The van der Waals surface area contributed by atoms with Crippen molar-refractivity contribution >= 4 is 34.7 Å². The molecule has 2 aromatic carbocycles. The highest BCUT2D eigenvalue weighted by Crippen LogP contribution is 2.37. The number of hydrogen-bond acceptors (Lipinski definition) is 9. The van der Waals surface area contributed by atoms with Crippen LogP contribution in [-0.2, 0) is 4.79 Å². The van der Waals surface area contributed by atoms with E-state index in [1.807, 2.05) is 20.8 Å². The molecule has 14 nitrogen and oxygen atoms in total. The number of carbonyl (C=O) groups is 2. The van der Waals surface area contributed by atoms with Crippen molar-refractivity contribution in [2.24, 2.45) is 0 Å². The van der Waals surface area contributed by atoms with Crippen LogP contribution in [0.4, 0.5) is 17.2 Å². The minimum absolute atomic E-state index is 0.0727. The molecule has 0 bridgehead atoms. The van der Waals surface area contributed by atoms with E-state index < -0.39 is 39.7 Å². The lowest BCUT2D eigenvalue weighted by atomic mass is 10.0. The maximum absolute atomic E-state index is 13.6. The number of methoxy groups -OCH3 is 1. The van der Waals surface area contributed by atoms with Crippen molar-refractivity contribution in [2.45, 2.75) is 38.8 Å². The van der Waals surface area contributed by atoms with Gasteiger partial charge < -0.3 is 20.5 Å². The molecule has 42 heavy (non-hydrogen) atoms. The van der Waals surface area contributed by atoms with Crippen molar-refractivity contribution in [1.29, 1.82) is 0 Å². The highest BCUT2D eigenvalue weighted by Gasteiger charge is 2.27. The summed E-state index contributed by atoms with van der Waals surface area (Å²) >= 11 is 0. The Balaban J connectivity index is 1.84. The van der Waals surface area contributed by atoms with Crippen LogP contribution in [0.2, 0.25) is 0 Å². The van der Waals surface area contributed by atoms with Gasteiger partial charge in [0.05, 0.1) is 35.0 Å². The number of carbonyl (C=O) groups excluding carboxylic acids is 1. The topological polar surface area (TPSA) is 191 Å². The first kappa shape index (κ1) is 29.5. The number of ether oxygens (including phenoxy) is 1. The van der Waals surface area contributed by atoms with E-state index in [4.69, 9.17) is 9.72 Å². The summed E-state index contributed by atoms with van der Waals surface area (Å²) < 4.78 is 6.75. The molecular weight excluding hydrogens is 548 g/mol. The summed E-state index contributed by atoms with van der Waals surface area (Å²) in [7, 11) is 1.33. The zero-order valence-corrected chi connectivity index (χ0v) is 23.2. The standard InChI is InChI=1S/C28H28N6O8/c1-28(2,3)31-26-24(17-10-11-22(42-4)21(14-17)34(40)41)30-25-19(9-6-12-32(25)26)27(37)29-20(15-23(35)36)16-7-5-8-18(13-16)33(38)39/h5-14,20,31H,15H2,1-4H3,(H,29,37)(H,35,36). The molecule has 218 valence electrons. The Hall–Kier alpha value is -5.53. The molecule has 0 aliphatic heterocycles. The highest BCUT2D eigenvalue weighted by molar-refractivity contribution is 6.01. The van der Waals surface area contributed by atoms with Gasteiger partial charge in [0.15, 0.2) is 11.4 Å². The van der Waals surface area contributed by atoms with Gasteiger partial charge in [-0.05, 0) is 50.6 Å². The van der Waals surface area contributed by atoms with E-state index in [-0.39, 0.29) is 33.9 Å². The fourth-order valence-corrected chi connectivity index (χ4v) is 4.42. The first-order valence-electron chi connectivity index (χ1n) is 12.7. The van der Waals surface area contributed by atoms with Crippen LogP contribution < -0.4 is 15.4 Å². The molecule has 0 spiro atoms. The molecule has 0 saturated heterocycles. The normalized spacial score (nSPS) is 12.0. The van der Waals surface area contributed by atoms with Crippen molar-refractivity contribution in [3.8, 4) is 17.0 Å². The van der Waals surface area contributed by atoms with E-state index in [0.29, 0.717) is 17.1 Å². The van der Waals surface area contributed by atoms with Gasteiger partial charge in [0, 0.05) is 35.5 Å². The second-order valence-electron chi connectivity index (χ2n) is 10.4. The van der Waals surface area contributed by atoms with Crippen LogP contribution in [0.15, 0.2) is 60.8 Å². The van der Waals surface area contributed by atoms with Gasteiger partial charge >= 0.3 is 11.7 Å². The largest absolute Gasteiger partial charge is 0.490 e. The molecule has 1 amide bonds. The molecule has 0 saturated carbocycles. The quantitative estimate of drug-likeness (QED) is 0.171. The number of nitro benzene ring substituents is 2. The fraction of sp³-hybridized carbons (Fsp3) is 0.250. The number of pyridine rings is 1. The number of nitrogens with zero attached hydrogens (tertiary/aromatic N) is 4. The number of benzene rings is 2. The van der Waals surface area contributed by atoms with Crippen molar-refractivity contribution < 1.29 is 29.3 Å². The Kier molecular flexibility index (Phi) is 8.08. The first-order chi connectivity index (χ1) is 19.8. The van der Waals surface area contributed by atoms with Gasteiger partial charge in [-0.25, -0.2) is 4.98 Å². The average Bonchev–Trinajstić information content (AvgIpc) is 3.28. The third-order valence-corrected chi connectivity index (χ3v) is 6.20. The number of carboxylic acid groups (broad SMARTS) is 1. The molecular formula is C28H28N6O8. The smallest absolute Gasteiger partial charge is 0.311 e. The van der Waals surface area contributed by atoms with E-state index in [9.17, 15) is 34.9 Å². The van der Waals surface area contributed by atoms with E-state index >= 15 is 0 Å². The number of non-ortho nitro benzene ring substituents is 1. The van der Waals surface area contributed by atoms with Gasteiger partial charge in [0.25, 0.3) is 11.6 Å². The Labute approximate surface area is 239 Å². The molecule has 14 heteroatoms. The molecule has 3 N–H and O–H groups in total. The van der Waals surface area contributed by atoms with E-state index in [1.165, 1.54) is 49.6 Å². The molecule has 0 aliphatic carbocycles. The monoisotopic (exact) mass is 576 g/mol. The van der Waals surface area contributed by atoms with Gasteiger partial charge in [0.2, 0.25) is 0 Å². The van der Waals surface area contributed by atoms with E-state index in [0.717, 1.165) is 0 Å². The van der Waals surface area contributed by atoms with Crippen LogP contribution in [0.3, 0.4) is 0 Å². The Morgan fingerprint density at radius 3 is 2.43 bits per heavy atom. The fourth-order valence-electron chi connectivity index (χ4n) is 4.42. The number of amides is 1. The summed E-state index contributed by atoms with van der Waals surface area (Å²) in [6, 6.07) is 11.8. The number of fused-ring (bicyclic) bond motifs is 1. The van der Waals surface area contributed by atoms with Crippen LogP contribution in [0.1, 0.15) is 49.2 Å². The summed E-state index contributed by atoms with van der Waals surface area (Å²) in [5.41, 5.74) is 0.269. The lowest BCUT2D eigenvalue weighted by Gasteiger charge is -2.22. The van der Waals surface area contributed by atoms with E-state index in [2.05, 4.69) is 10.6 Å². The predicted molar refractivity (Wildman–Crippen MR) is 153 cm³/mol. The summed E-state index contributed by atoms with van der Waals surface area (Å²) in [5.74, 6) is -1.35. The van der Waals surface area contributed by atoms with Crippen LogP contribution in [-0.4, -0.2) is 48.9 Å². The van der Waals surface area contributed by atoms with Gasteiger partial charge in [-0.1, -0.05) is 12.1 Å². The first-order valence-corrected chi connectivity index (χ1v) is 12.7. The van der Waals surface area contributed by atoms with Crippen LogP contribution in [0.5, 0.6) is 5.75 Å². The molecule has 0 radical (unpaired) electrons. The van der Waals surface area contributed by atoms with E-state index in [1.54, 1.807) is 22.7 Å². The van der Waals surface area contributed by atoms with Gasteiger partial charge in [0.1, 0.15) is 11.5 Å². The lowest BCUT2D eigenvalue weighted by molar-refractivity contribution is -0.385. The maximum atomic E-state index is 13.6. The molecule has 1 atom stereocenters. The van der Waals surface area contributed by atoms with Crippen LogP contribution >= 0.6 is 0 Å². The molecule has 0 aliphatic rings. The minimum atomic E-state index is -1.22. The number of anilines is 1. The third-order valence-electron chi connectivity index (χ3n) is 6.20. The highest BCUT2D eigenvalue weighted by atomic mass is 16.6. The number of carboxylic acids is 1. The number of nitrogens with one attached hydrogen (secondary N) is 2.